The molecule has 0 heterocycles. The van der Waals surface area contributed by atoms with Gasteiger partial charge in [0.2, 0.25) is 0 Å². The van der Waals surface area contributed by atoms with Gasteiger partial charge >= 0.3 is 5.97 Å². The van der Waals surface area contributed by atoms with E-state index in [-0.39, 0.29) is 24.9 Å². The van der Waals surface area contributed by atoms with Crippen LogP contribution in [0.3, 0.4) is 0 Å². The van der Waals surface area contributed by atoms with E-state index in [4.69, 9.17) is 9.47 Å². The smallest absolute Gasteiger partial charge is 0.307 e. The van der Waals surface area contributed by atoms with Gasteiger partial charge in [-0.3, -0.25) is 9.59 Å². The molecule has 1 aromatic rings. The number of ether oxygens (including phenoxy) is 2. The highest BCUT2D eigenvalue weighted by atomic mass is 16.5. The molecule has 1 aromatic carbocycles. The highest BCUT2D eigenvalue weighted by Gasteiger charge is 2.14. The van der Waals surface area contributed by atoms with Gasteiger partial charge < -0.3 is 14.4 Å². The zero-order chi connectivity index (χ0) is 14.8. The van der Waals surface area contributed by atoms with Crippen molar-refractivity contribution in [2.24, 2.45) is 0 Å². The number of hydrogen-bond acceptors (Lipinski definition) is 4. The van der Waals surface area contributed by atoms with Gasteiger partial charge in [0.05, 0.1) is 13.0 Å². The van der Waals surface area contributed by atoms with Gasteiger partial charge in [-0.2, -0.15) is 0 Å². The molecule has 0 saturated carbocycles. The fourth-order valence-corrected chi connectivity index (χ4v) is 1.67. The molecule has 110 valence electrons. The number of amides is 1. The molecule has 5 nitrogen and oxygen atoms in total. The Balaban J connectivity index is 2.37. The van der Waals surface area contributed by atoms with Crippen LogP contribution >= 0.6 is 0 Å². The molecular formula is C15H21NO4. The lowest BCUT2D eigenvalue weighted by Gasteiger charge is -2.20. The van der Waals surface area contributed by atoms with E-state index in [0.717, 1.165) is 0 Å². The Morgan fingerprint density at radius 2 is 1.85 bits per heavy atom. The second-order valence-corrected chi connectivity index (χ2v) is 4.13. The van der Waals surface area contributed by atoms with Crippen LogP contribution in [0.25, 0.3) is 0 Å². The molecule has 1 rings (SSSR count). The molecule has 0 atom stereocenters. The molecular weight excluding hydrogens is 258 g/mol. The number of benzene rings is 1. The van der Waals surface area contributed by atoms with Gasteiger partial charge in [-0.1, -0.05) is 18.2 Å². The maximum absolute atomic E-state index is 12.0. The van der Waals surface area contributed by atoms with Crippen LogP contribution in [0.4, 0.5) is 0 Å². The Morgan fingerprint density at radius 3 is 2.45 bits per heavy atom. The van der Waals surface area contributed by atoms with Gasteiger partial charge in [0.15, 0.2) is 6.61 Å². The normalized spacial score (nSPS) is 9.90. The fraction of sp³-hybridized carbons (Fsp3) is 0.467. The van der Waals surface area contributed by atoms with Gasteiger partial charge in [0.25, 0.3) is 5.91 Å². The first-order valence-corrected chi connectivity index (χ1v) is 6.78. The van der Waals surface area contributed by atoms with Gasteiger partial charge in [0.1, 0.15) is 5.75 Å². The lowest BCUT2D eigenvalue weighted by Crippen LogP contribution is -2.36. The van der Waals surface area contributed by atoms with Crippen LogP contribution in [0.15, 0.2) is 30.3 Å². The van der Waals surface area contributed by atoms with Gasteiger partial charge in [0, 0.05) is 13.1 Å². The summed E-state index contributed by atoms with van der Waals surface area (Å²) < 4.78 is 10.2. The summed E-state index contributed by atoms with van der Waals surface area (Å²) in [6.45, 7) is 4.85. The van der Waals surface area contributed by atoms with Crippen molar-refractivity contribution in [3.63, 3.8) is 0 Å². The first-order chi connectivity index (χ1) is 9.67. The minimum atomic E-state index is -0.289. The molecule has 0 fully saturated rings. The third-order valence-electron chi connectivity index (χ3n) is 2.73. The van der Waals surface area contributed by atoms with Crippen LogP contribution in [0.5, 0.6) is 5.75 Å². The van der Waals surface area contributed by atoms with Crippen molar-refractivity contribution >= 4 is 11.9 Å². The van der Waals surface area contributed by atoms with E-state index in [1.54, 1.807) is 24.0 Å². The third kappa shape index (κ3) is 5.73. The molecule has 5 heteroatoms. The molecule has 0 unspecified atom stereocenters. The van der Waals surface area contributed by atoms with E-state index in [1.165, 1.54) is 0 Å². The number of rotatable bonds is 8. The largest absolute Gasteiger partial charge is 0.484 e. The maximum atomic E-state index is 12.0. The highest BCUT2D eigenvalue weighted by Crippen LogP contribution is 2.08. The molecule has 0 N–H and O–H groups in total. The third-order valence-corrected chi connectivity index (χ3v) is 2.73. The topological polar surface area (TPSA) is 55.8 Å². The van der Waals surface area contributed by atoms with Crippen molar-refractivity contribution in [3.8, 4) is 5.75 Å². The van der Waals surface area contributed by atoms with Crippen LogP contribution in [-0.4, -0.2) is 43.1 Å². The minimum Gasteiger partial charge on any atom is -0.484 e. The molecule has 0 aromatic heterocycles. The van der Waals surface area contributed by atoms with Crippen LogP contribution in [0, 0.1) is 0 Å². The monoisotopic (exact) mass is 279 g/mol. The van der Waals surface area contributed by atoms with Gasteiger partial charge in [-0.15, -0.1) is 0 Å². The van der Waals surface area contributed by atoms with Crippen molar-refractivity contribution in [1.82, 2.24) is 4.90 Å². The molecule has 20 heavy (non-hydrogen) atoms. The summed E-state index contributed by atoms with van der Waals surface area (Å²) in [5.74, 6) is 0.227. The maximum Gasteiger partial charge on any atom is 0.307 e. The number of carbonyl (C=O) groups excluding carboxylic acids is 2. The van der Waals surface area contributed by atoms with Crippen LogP contribution < -0.4 is 4.74 Å². The zero-order valence-corrected chi connectivity index (χ0v) is 12.0. The molecule has 0 aliphatic carbocycles. The highest BCUT2D eigenvalue weighted by molar-refractivity contribution is 5.78. The first kappa shape index (κ1) is 16.0. The standard InChI is InChI=1S/C15H21NO4/c1-3-16(11-10-15(18)19-4-2)14(17)12-20-13-8-6-5-7-9-13/h5-9H,3-4,10-12H2,1-2H3. The summed E-state index contributed by atoms with van der Waals surface area (Å²) in [6.07, 6.45) is 0.207. The summed E-state index contributed by atoms with van der Waals surface area (Å²) in [5.41, 5.74) is 0. The van der Waals surface area contributed by atoms with Crippen molar-refractivity contribution in [1.29, 1.82) is 0 Å². The van der Waals surface area contributed by atoms with Crippen molar-refractivity contribution in [2.75, 3.05) is 26.3 Å². The van der Waals surface area contributed by atoms with Crippen molar-refractivity contribution < 1.29 is 19.1 Å². The molecule has 0 aliphatic heterocycles. The molecule has 1 amide bonds. The summed E-state index contributed by atoms with van der Waals surface area (Å²) in [4.78, 5) is 24.8. The van der Waals surface area contributed by atoms with E-state index in [1.807, 2.05) is 25.1 Å². The summed E-state index contributed by atoms with van der Waals surface area (Å²) in [6, 6.07) is 9.16. The van der Waals surface area contributed by atoms with E-state index in [9.17, 15) is 9.59 Å². The summed E-state index contributed by atoms with van der Waals surface area (Å²) in [5, 5.41) is 0. The van der Waals surface area contributed by atoms with Crippen LogP contribution in [0.1, 0.15) is 20.3 Å². The Labute approximate surface area is 119 Å². The van der Waals surface area contributed by atoms with E-state index < -0.39 is 0 Å². The number of para-hydroxylation sites is 1. The van der Waals surface area contributed by atoms with Crippen LogP contribution in [-0.2, 0) is 14.3 Å². The Hall–Kier alpha value is -2.04. The number of carbonyl (C=O) groups is 2. The molecule has 0 saturated heterocycles. The predicted octanol–water partition coefficient (Wildman–Crippen LogP) is 1.87. The average Bonchev–Trinajstić information content (AvgIpc) is 2.47. The second kappa shape index (κ2) is 8.96. The van der Waals surface area contributed by atoms with E-state index in [2.05, 4.69) is 0 Å². The quantitative estimate of drug-likeness (QED) is 0.682. The second-order valence-electron chi connectivity index (χ2n) is 4.13. The minimum absolute atomic E-state index is 0.0271. The van der Waals surface area contributed by atoms with Crippen molar-refractivity contribution in [2.45, 2.75) is 20.3 Å². The summed E-state index contributed by atoms with van der Waals surface area (Å²) >= 11 is 0. The number of nitrogens with zero attached hydrogens (tertiary/aromatic N) is 1. The van der Waals surface area contributed by atoms with E-state index in [0.29, 0.717) is 25.4 Å². The molecule has 0 radical (unpaired) electrons. The average molecular weight is 279 g/mol. The van der Waals surface area contributed by atoms with E-state index >= 15 is 0 Å². The number of likely N-dealkylation sites (N-methyl/N-ethyl adjacent to an activating group) is 1. The lowest BCUT2D eigenvalue weighted by atomic mass is 10.3. The summed E-state index contributed by atoms with van der Waals surface area (Å²) in [7, 11) is 0. The fourth-order valence-electron chi connectivity index (χ4n) is 1.67. The predicted molar refractivity (Wildman–Crippen MR) is 75.4 cm³/mol. The van der Waals surface area contributed by atoms with Gasteiger partial charge in [-0.25, -0.2) is 0 Å². The van der Waals surface area contributed by atoms with Gasteiger partial charge in [-0.05, 0) is 26.0 Å². The Morgan fingerprint density at radius 1 is 1.15 bits per heavy atom. The Kier molecular flexibility index (Phi) is 7.17. The SMILES string of the molecule is CCOC(=O)CCN(CC)C(=O)COc1ccccc1. The lowest BCUT2D eigenvalue weighted by molar-refractivity contribution is -0.144. The molecule has 0 aliphatic rings. The molecule has 0 spiro atoms. The number of esters is 1. The first-order valence-electron chi connectivity index (χ1n) is 6.78. The number of hydrogen-bond donors (Lipinski definition) is 0. The molecule has 0 bridgehead atoms. The van der Waals surface area contributed by atoms with Crippen molar-refractivity contribution in [3.05, 3.63) is 30.3 Å². The van der Waals surface area contributed by atoms with Crippen LogP contribution in [0.2, 0.25) is 0 Å². The zero-order valence-electron chi connectivity index (χ0n) is 12.0. The Bertz CT molecular complexity index is 419.